The first kappa shape index (κ1) is 65.5. The lowest BCUT2D eigenvalue weighted by atomic mass is 9.98. The maximum Gasteiger partial charge on any atom is 0.534 e. The van der Waals surface area contributed by atoms with E-state index in [0.717, 1.165) is 27.8 Å². The molecule has 2 aliphatic heterocycles. The maximum absolute atomic E-state index is 13.6. The molecular formula is C48H58Cl6F3N5O13S. The number of benzene rings is 3. The van der Waals surface area contributed by atoms with E-state index < -0.39 is 47.0 Å². The van der Waals surface area contributed by atoms with Gasteiger partial charge in [0.05, 0.1) is 69.7 Å². The van der Waals surface area contributed by atoms with Gasteiger partial charge in [-0.1, -0.05) is 88.3 Å². The number of anilines is 3. The first-order valence-corrected chi connectivity index (χ1v) is 26.2. The molecule has 0 bridgehead atoms. The van der Waals surface area contributed by atoms with E-state index >= 15 is 0 Å². The number of rotatable bonds is 24. The minimum atomic E-state index is -5.97. The van der Waals surface area contributed by atoms with E-state index in [9.17, 15) is 40.8 Å². The monoisotopic (exact) mass is 1210 g/mol. The zero-order chi connectivity index (χ0) is 57.2. The van der Waals surface area contributed by atoms with Gasteiger partial charge in [-0.3, -0.25) is 19.2 Å². The Labute approximate surface area is 469 Å². The Kier molecular flexibility index (Phi) is 25.7. The third-order valence-electron chi connectivity index (χ3n) is 11.0. The van der Waals surface area contributed by atoms with Crippen molar-refractivity contribution >= 4 is 127 Å². The van der Waals surface area contributed by atoms with E-state index in [1.165, 1.54) is 55.3 Å². The number of nitrogens with two attached hydrogens (primary N) is 1. The summed E-state index contributed by atoms with van der Waals surface area (Å²) >= 11 is 31.4. The highest BCUT2D eigenvalue weighted by Gasteiger charge is 2.50. The Hall–Kier alpha value is -4.78. The molecule has 18 nitrogen and oxygen atoms in total. The van der Waals surface area contributed by atoms with Crippen LogP contribution in [0.4, 0.5) is 30.2 Å². The molecule has 28 heteroatoms. The number of nitrogens with zero attached hydrogens (tertiary/aromatic N) is 4. The van der Waals surface area contributed by atoms with Crippen LogP contribution in [-0.2, 0) is 38.2 Å². The van der Waals surface area contributed by atoms with Crippen molar-refractivity contribution in [3.05, 3.63) is 83.8 Å². The highest BCUT2D eigenvalue weighted by atomic mass is 35.6. The molecule has 0 aliphatic carbocycles. The third kappa shape index (κ3) is 19.9. The Morgan fingerprint density at radius 2 is 1.43 bits per heavy atom. The van der Waals surface area contributed by atoms with E-state index in [2.05, 4.69) is 20.2 Å². The lowest BCUT2D eigenvalue weighted by Crippen LogP contribution is -2.41. The van der Waals surface area contributed by atoms with Gasteiger partial charge in [0.1, 0.15) is 5.76 Å². The number of alkyl halides is 9. The molecule has 0 radical (unpaired) electrons. The maximum atomic E-state index is 13.6. The summed E-state index contributed by atoms with van der Waals surface area (Å²) in [6.07, 6.45) is 4.55. The van der Waals surface area contributed by atoms with Crippen LogP contribution in [0.3, 0.4) is 0 Å². The standard InChI is InChI=1S/C42H48F3N5O11S.2C3H5Cl3O/c1-27(29-10-9-11-30(46)16-29)14-31(47(3)24-51)21-48(25-52)35-19-39(37(57-4)15-28(35)2)59-12-7-6-8-13-60-40-20-36-34(18-38(40)58-5)41(54)50-23-33(17-32(50)22-49(36)26-53)61-62(55,56)42(43,44)45;2*1-7-2-3(4,5)6/h9-11,15-16,18-20,23-26,31-32H,1,6-8,12-14,17,21-22,46H2,2-5H3;2*2H2,1H3. The number of unbranched alkanes of at least 4 members (excludes halogenated alkanes) is 2. The Morgan fingerprint density at radius 1 is 0.855 bits per heavy atom. The molecule has 2 N–H and O–H groups in total. The average Bonchev–Trinajstić information content (AvgIpc) is 3.69. The number of fused-ring (bicyclic) bond motifs is 2. The summed E-state index contributed by atoms with van der Waals surface area (Å²) < 4.78 is 95.9. The van der Waals surface area contributed by atoms with Crippen molar-refractivity contribution < 1.29 is 73.4 Å². The highest BCUT2D eigenvalue weighted by Crippen LogP contribution is 2.41. The highest BCUT2D eigenvalue weighted by molar-refractivity contribution is 7.87. The van der Waals surface area contributed by atoms with Crippen molar-refractivity contribution in [2.24, 2.45) is 0 Å². The van der Waals surface area contributed by atoms with Gasteiger partial charge in [-0.15, -0.1) is 0 Å². The lowest BCUT2D eigenvalue weighted by Gasteiger charge is -2.31. The number of carbonyl (C=O) groups is 4. The SMILES string of the molecule is C=C(CC(CN(C=O)c1cc(OCCCCCOc2cc3c(cc2OC)C(=O)N2C=C(OS(=O)(=O)C(F)(F)F)CC2CN3C=O)c(OC)cc1C)N(C)C=O)c1cccc(N)c1.COCC(Cl)(Cl)Cl.COCC(Cl)(Cl)Cl. The molecule has 4 amide bonds. The van der Waals surface area contributed by atoms with Gasteiger partial charge in [0, 0.05) is 64.8 Å². The van der Waals surface area contributed by atoms with Gasteiger partial charge in [0.15, 0.2) is 23.0 Å². The minimum absolute atomic E-state index is 0.0314. The number of ether oxygens (including phenoxy) is 6. The van der Waals surface area contributed by atoms with E-state index in [-0.39, 0.29) is 68.7 Å². The summed E-state index contributed by atoms with van der Waals surface area (Å²) in [7, 11) is 1.48. The molecule has 2 aliphatic rings. The van der Waals surface area contributed by atoms with Crippen molar-refractivity contribution in [2.75, 3.05) is 90.5 Å². The van der Waals surface area contributed by atoms with Crippen LogP contribution in [0.1, 0.15) is 53.6 Å². The summed E-state index contributed by atoms with van der Waals surface area (Å²) in [6, 6.07) is 12.2. The zero-order valence-corrected chi connectivity index (χ0v) is 47.4. The third-order valence-corrected chi connectivity index (χ3v) is 12.6. The fraction of sp³-hybridized carbons (Fsp3) is 0.458. The van der Waals surface area contributed by atoms with Crippen LogP contribution in [0.25, 0.3) is 5.57 Å². The second kappa shape index (κ2) is 29.8. The number of likely N-dealkylation sites (N-methyl/N-ethyl adjacent to an activating group) is 1. The molecule has 3 aromatic carbocycles. The van der Waals surface area contributed by atoms with E-state index in [1.54, 1.807) is 31.3 Å². The molecule has 2 unspecified atom stereocenters. The topological polar surface area (TPSA) is 206 Å². The number of aryl methyl sites for hydroxylation is 1. The number of amides is 4. The second-order valence-corrected chi connectivity index (χ2v) is 23.3. The molecule has 0 fully saturated rings. The number of halogens is 9. The van der Waals surface area contributed by atoms with E-state index in [1.807, 2.05) is 19.1 Å². The average molecular weight is 1210 g/mol. The molecule has 0 spiro atoms. The molecule has 3 aromatic rings. The molecule has 422 valence electrons. The fourth-order valence-electron chi connectivity index (χ4n) is 7.37. The zero-order valence-electron chi connectivity index (χ0n) is 42.1. The van der Waals surface area contributed by atoms with Gasteiger partial charge in [0.25, 0.3) is 5.91 Å². The summed E-state index contributed by atoms with van der Waals surface area (Å²) in [6.45, 7) is 6.79. The van der Waals surface area contributed by atoms with Gasteiger partial charge >= 0.3 is 15.6 Å². The van der Waals surface area contributed by atoms with Crippen LogP contribution >= 0.6 is 69.6 Å². The molecule has 2 atom stereocenters. The van der Waals surface area contributed by atoms with Gasteiger partial charge in [-0.25, -0.2) is 0 Å². The fourth-order valence-corrected chi connectivity index (χ4v) is 8.52. The van der Waals surface area contributed by atoms with E-state index in [4.69, 9.17) is 94.3 Å². The molecule has 0 saturated carbocycles. The van der Waals surface area contributed by atoms with Crippen molar-refractivity contribution in [1.29, 1.82) is 0 Å². The first-order chi connectivity index (χ1) is 35.6. The molecule has 0 saturated heterocycles. The van der Waals surface area contributed by atoms with Gasteiger partial charge < -0.3 is 57.9 Å². The number of hydrogen-bond acceptors (Lipinski definition) is 14. The number of methoxy groups -OCH3 is 4. The molecule has 5 rings (SSSR count). The minimum Gasteiger partial charge on any atom is -0.493 e. The Morgan fingerprint density at radius 3 is 1.92 bits per heavy atom. The van der Waals surface area contributed by atoms with E-state index in [0.29, 0.717) is 67.8 Å². The van der Waals surface area contributed by atoms with Crippen molar-refractivity contribution in [3.8, 4) is 23.0 Å². The Balaban J connectivity index is 0.000000953. The molecule has 2 heterocycles. The first-order valence-electron chi connectivity index (χ1n) is 22.5. The number of hydrogen-bond donors (Lipinski definition) is 1. The van der Waals surface area contributed by atoms with Crippen molar-refractivity contribution in [1.82, 2.24) is 9.80 Å². The quantitative estimate of drug-likeness (QED) is 0.0221. The van der Waals surface area contributed by atoms with Crippen LogP contribution < -0.4 is 34.5 Å². The lowest BCUT2D eigenvalue weighted by molar-refractivity contribution is -0.119. The molecule has 76 heavy (non-hydrogen) atoms. The largest absolute Gasteiger partial charge is 0.534 e. The van der Waals surface area contributed by atoms with Crippen LogP contribution in [-0.4, -0.2) is 144 Å². The number of nitrogen functional groups attached to an aromatic ring is 1. The van der Waals surface area contributed by atoms with Crippen LogP contribution in [0.15, 0.2) is 67.1 Å². The van der Waals surface area contributed by atoms with Gasteiger partial charge in [-0.05, 0) is 73.6 Å². The number of carbonyl (C=O) groups excluding carboxylic acids is 4. The van der Waals surface area contributed by atoms with Crippen LogP contribution in [0.2, 0.25) is 0 Å². The van der Waals surface area contributed by atoms with Gasteiger partial charge in [-0.2, -0.15) is 21.6 Å². The van der Waals surface area contributed by atoms with Crippen molar-refractivity contribution in [2.45, 2.75) is 64.2 Å². The summed E-state index contributed by atoms with van der Waals surface area (Å²) in [5.74, 6) is -0.0636. The second-order valence-electron chi connectivity index (χ2n) is 16.7. The predicted octanol–water partition coefficient (Wildman–Crippen LogP) is 9.65. The summed E-state index contributed by atoms with van der Waals surface area (Å²) in [5.41, 5.74) is 3.90. The smallest absolute Gasteiger partial charge is 0.493 e. The molecular weight excluding hydrogens is 1160 g/mol. The van der Waals surface area contributed by atoms with Gasteiger partial charge in [0.2, 0.25) is 26.8 Å². The summed E-state index contributed by atoms with van der Waals surface area (Å²) in [4.78, 5) is 55.4. The summed E-state index contributed by atoms with van der Waals surface area (Å²) in [5, 5.41) is 0. The van der Waals surface area contributed by atoms with Crippen LogP contribution in [0.5, 0.6) is 23.0 Å². The molecule has 0 aromatic heterocycles. The normalized spacial score (nSPS) is 14.7. The predicted molar refractivity (Wildman–Crippen MR) is 288 cm³/mol. The Bertz CT molecular complexity index is 2590. The van der Waals surface area contributed by atoms with Crippen molar-refractivity contribution in [3.63, 3.8) is 0 Å². The van der Waals surface area contributed by atoms with Crippen LogP contribution in [0, 0.1) is 6.92 Å².